The van der Waals surface area contributed by atoms with Gasteiger partial charge in [-0.1, -0.05) is 18.2 Å². The summed E-state index contributed by atoms with van der Waals surface area (Å²) in [5, 5.41) is 8.67. The largest absolute Gasteiger partial charge is 0.366 e. The van der Waals surface area contributed by atoms with E-state index >= 15 is 0 Å². The highest BCUT2D eigenvalue weighted by Gasteiger charge is 2.13. The number of carbonyl (C=O) groups is 3. The molecule has 8 heteroatoms. The predicted molar refractivity (Wildman–Crippen MR) is 106 cm³/mol. The van der Waals surface area contributed by atoms with Crippen molar-refractivity contribution in [1.29, 1.82) is 0 Å². The van der Waals surface area contributed by atoms with Crippen LogP contribution < -0.4 is 16.4 Å². The van der Waals surface area contributed by atoms with E-state index in [-0.39, 0.29) is 30.2 Å². The maximum atomic E-state index is 12.0. The van der Waals surface area contributed by atoms with Crippen molar-refractivity contribution >= 4 is 45.0 Å². The highest BCUT2D eigenvalue weighted by atomic mass is 32.1. The van der Waals surface area contributed by atoms with Crippen molar-refractivity contribution in [3.05, 3.63) is 53.0 Å². The summed E-state index contributed by atoms with van der Waals surface area (Å²) in [7, 11) is 0. The third-order valence-corrected chi connectivity index (χ3v) is 4.98. The standard InChI is InChI=1S/C19H20N4O3S/c20-18(26)14-8-10-27-19(14)23-17(25)6-5-16(24)21-9-7-12-11-22-15-4-2-1-3-13(12)15/h1-4,8,10-11,22H,5-7,9H2,(H2,20,26)(H,21,24)(H,23,25). The van der Waals surface area contributed by atoms with Crippen LogP contribution in [0.5, 0.6) is 0 Å². The fourth-order valence-electron chi connectivity index (χ4n) is 2.78. The first kappa shape index (κ1) is 18.7. The van der Waals surface area contributed by atoms with Crippen LogP contribution >= 0.6 is 11.3 Å². The van der Waals surface area contributed by atoms with Crippen LogP contribution in [0.25, 0.3) is 10.9 Å². The summed E-state index contributed by atoms with van der Waals surface area (Å²) in [5.41, 5.74) is 7.72. The number of nitrogens with two attached hydrogens (primary N) is 1. The quantitative estimate of drug-likeness (QED) is 0.478. The number of amides is 3. The number of anilines is 1. The summed E-state index contributed by atoms with van der Waals surface area (Å²) < 4.78 is 0. The SMILES string of the molecule is NC(=O)c1ccsc1NC(=O)CCC(=O)NCCc1c[nH]c2ccccc12. The Bertz CT molecular complexity index is 976. The number of hydrogen-bond donors (Lipinski definition) is 4. The summed E-state index contributed by atoms with van der Waals surface area (Å²) in [5.74, 6) is -1.11. The minimum absolute atomic E-state index is 0.0367. The first-order valence-electron chi connectivity index (χ1n) is 8.53. The van der Waals surface area contributed by atoms with Crippen molar-refractivity contribution in [2.24, 2.45) is 5.73 Å². The molecule has 0 saturated carbocycles. The topological polar surface area (TPSA) is 117 Å². The third kappa shape index (κ3) is 4.73. The molecule has 3 rings (SSSR count). The molecule has 3 aromatic rings. The molecular formula is C19H20N4O3S. The highest BCUT2D eigenvalue weighted by molar-refractivity contribution is 7.14. The third-order valence-electron chi connectivity index (χ3n) is 4.15. The van der Waals surface area contributed by atoms with Crippen LogP contribution in [-0.4, -0.2) is 29.3 Å². The van der Waals surface area contributed by atoms with Crippen molar-refractivity contribution in [3.63, 3.8) is 0 Å². The van der Waals surface area contributed by atoms with Crippen LogP contribution in [-0.2, 0) is 16.0 Å². The molecule has 2 aromatic heterocycles. The average Bonchev–Trinajstić information content (AvgIpc) is 3.27. The Hall–Kier alpha value is -3.13. The molecule has 140 valence electrons. The fourth-order valence-corrected chi connectivity index (χ4v) is 3.59. The molecule has 1 aromatic carbocycles. The minimum atomic E-state index is -0.596. The van der Waals surface area contributed by atoms with Gasteiger partial charge in [-0.15, -0.1) is 11.3 Å². The van der Waals surface area contributed by atoms with E-state index in [2.05, 4.69) is 15.6 Å². The number of nitrogens with one attached hydrogen (secondary N) is 3. The number of benzene rings is 1. The van der Waals surface area contributed by atoms with Gasteiger partial charge >= 0.3 is 0 Å². The molecule has 0 saturated heterocycles. The van der Waals surface area contributed by atoms with Crippen molar-refractivity contribution in [3.8, 4) is 0 Å². The number of aromatic nitrogens is 1. The normalized spacial score (nSPS) is 10.7. The number of primary amides is 1. The van der Waals surface area contributed by atoms with Gasteiger partial charge in [0.1, 0.15) is 5.00 Å². The van der Waals surface area contributed by atoms with Gasteiger partial charge in [-0.25, -0.2) is 0 Å². The molecule has 0 aliphatic carbocycles. The second-order valence-corrected chi connectivity index (χ2v) is 6.95. The number of carbonyl (C=O) groups excluding carboxylic acids is 3. The van der Waals surface area contributed by atoms with Crippen molar-refractivity contribution in [2.45, 2.75) is 19.3 Å². The van der Waals surface area contributed by atoms with E-state index in [0.717, 1.165) is 16.5 Å². The van der Waals surface area contributed by atoms with Gasteiger partial charge in [-0.2, -0.15) is 0 Å². The number of aromatic amines is 1. The van der Waals surface area contributed by atoms with E-state index in [4.69, 9.17) is 5.73 Å². The maximum absolute atomic E-state index is 12.0. The lowest BCUT2D eigenvalue weighted by molar-refractivity contribution is -0.124. The lowest BCUT2D eigenvalue weighted by Gasteiger charge is -2.06. The van der Waals surface area contributed by atoms with E-state index in [9.17, 15) is 14.4 Å². The van der Waals surface area contributed by atoms with Gasteiger partial charge in [0, 0.05) is 36.5 Å². The monoisotopic (exact) mass is 384 g/mol. The number of H-pyrrole nitrogens is 1. The lowest BCUT2D eigenvalue weighted by Crippen LogP contribution is -2.27. The number of rotatable bonds is 8. The molecule has 0 spiro atoms. The zero-order chi connectivity index (χ0) is 19.2. The lowest BCUT2D eigenvalue weighted by atomic mass is 10.1. The summed E-state index contributed by atoms with van der Waals surface area (Å²) >= 11 is 1.22. The van der Waals surface area contributed by atoms with Crippen LogP contribution in [0.15, 0.2) is 41.9 Å². The van der Waals surface area contributed by atoms with E-state index < -0.39 is 5.91 Å². The van der Waals surface area contributed by atoms with Crippen LogP contribution in [0.3, 0.4) is 0 Å². The van der Waals surface area contributed by atoms with Crippen molar-refractivity contribution in [1.82, 2.24) is 10.3 Å². The number of hydrogen-bond acceptors (Lipinski definition) is 4. The Balaban J connectivity index is 1.41. The van der Waals surface area contributed by atoms with E-state index in [1.807, 2.05) is 30.5 Å². The first-order valence-corrected chi connectivity index (χ1v) is 9.41. The molecule has 0 bridgehead atoms. The molecule has 27 heavy (non-hydrogen) atoms. The van der Waals surface area contributed by atoms with Crippen molar-refractivity contribution in [2.75, 3.05) is 11.9 Å². The molecular weight excluding hydrogens is 364 g/mol. The summed E-state index contributed by atoms with van der Waals surface area (Å²) in [4.78, 5) is 38.3. The molecule has 3 amide bonds. The molecule has 0 unspecified atom stereocenters. The Morgan fingerprint density at radius 3 is 2.67 bits per heavy atom. The second-order valence-electron chi connectivity index (χ2n) is 6.04. The smallest absolute Gasteiger partial charge is 0.251 e. The molecule has 0 atom stereocenters. The maximum Gasteiger partial charge on any atom is 0.251 e. The van der Waals surface area contributed by atoms with Gasteiger partial charge in [0.2, 0.25) is 11.8 Å². The van der Waals surface area contributed by atoms with Gasteiger partial charge < -0.3 is 21.4 Å². The van der Waals surface area contributed by atoms with Crippen molar-refractivity contribution < 1.29 is 14.4 Å². The van der Waals surface area contributed by atoms with Crippen LogP contribution in [0, 0.1) is 0 Å². The van der Waals surface area contributed by atoms with Gasteiger partial charge in [0.25, 0.3) is 5.91 Å². The minimum Gasteiger partial charge on any atom is -0.366 e. The zero-order valence-corrected chi connectivity index (χ0v) is 15.4. The molecule has 2 heterocycles. The summed E-state index contributed by atoms with van der Waals surface area (Å²) in [6.07, 6.45) is 2.77. The first-order chi connectivity index (χ1) is 13.0. The Morgan fingerprint density at radius 2 is 1.85 bits per heavy atom. The fraction of sp³-hybridized carbons (Fsp3) is 0.211. The highest BCUT2D eigenvalue weighted by Crippen LogP contribution is 2.22. The molecule has 0 fully saturated rings. The van der Waals surface area contributed by atoms with E-state index in [0.29, 0.717) is 18.0 Å². The van der Waals surface area contributed by atoms with E-state index in [1.165, 1.54) is 11.3 Å². The predicted octanol–water partition coefficient (Wildman–Crippen LogP) is 2.41. The Morgan fingerprint density at radius 1 is 1.07 bits per heavy atom. The number of fused-ring (bicyclic) bond motifs is 1. The van der Waals surface area contributed by atoms with Crippen LogP contribution in [0.1, 0.15) is 28.8 Å². The van der Waals surface area contributed by atoms with Gasteiger partial charge in [0.05, 0.1) is 5.56 Å². The Kier molecular flexibility index (Phi) is 5.87. The van der Waals surface area contributed by atoms with Gasteiger partial charge in [-0.05, 0) is 29.5 Å². The second kappa shape index (κ2) is 8.50. The molecule has 7 nitrogen and oxygen atoms in total. The zero-order valence-electron chi connectivity index (χ0n) is 14.6. The number of para-hydroxylation sites is 1. The molecule has 5 N–H and O–H groups in total. The van der Waals surface area contributed by atoms with E-state index in [1.54, 1.807) is 11.4 Å². The molecule has 0 aliphatic heterocycles. The van der Waals surface area contributed by atoms with Crippen LogP contribution in [0.2, 0.25) is 0 Å². The summed E-state index contributed by atoms with van der Waals surface area (Å²) in [6.45, 7) is 0.499. The van der Waals surface area contributed by atoms with Gasteiger partial charge in [-0.3, -0.25) is 14.4 Å². The average molecular weight is 384 g/mol. The van der Waals surface area contributed by atoms with Gasteiger partial charge in [0.15, 0.2) is 0 Å². The van der Waals surface area contributed by atoms with Crippen LogP contribution in [0.4, 0.5) is 5.00 Å². The summed E-state index contributed by atoms with van der Waals surface area (Å²) in [6, 6.07) is 9.55. The molecule has 0 radical (unpaired) electrons. The number of thiophene rings is 1. The Labute approximate surface area is 159 Å². The molecule has 0 aliphatic rings.